The minimum absolute atomic E-state index is 0. The Morgan fingerprint density at radius 3 is 2.50 bits per heavy atom. The maximum Gasteiger partial charge on any atom is 0.272 e. The Morgan fingerprint density at radius 1 is 1.45 bits per heavy atom. The topological polar surface area (TPSA) is 115 Å². The van der Waals surface area contributed by atoms with Gasteiger partial charge in [0.15, 0.2) is 0 Å². The van der Waals surface area contributed by atoms with E-state index in [1.165, 1.54) is 25.1 Å². The van der Waals surface area contributed by atoms with E-state index in [2.05, 4.69) is 4.72 Å². The number of nitrogens with one attached hydrogen (secondary N) is 1. The third-order valence-electron chi connectivity index (χ3n) is 2.57. The molecule has 1 aromatic carbocycles. The van der Waals surface area contributed by atoms with E-state index < -0.39 is 14.9 Å². The molecule has 1 atom stereocenters. The van der Waals surface area contributed by atoms with E-state index in [1.807, 2.05) is 0 Å². The van der Waals surface area contributed by atoms with Crippen LogP contribution < -0.4 is 10.5 Å². The van der Waals surface area contributed by atoms with Gasteiger partial charge in [-0.15, -0.1) is 12.4 Å². The fourth-order valence-electron chi connectivity index (χ4n) is 1.50. The van der Waals surface area contributed by atoms with Gasteiger partial charge in [0.1, 0.15) is 0 Å². The number of nitro benzene ring substituents is 1. The van der Waals surface area contributed by atoms with Crippen molar-refractivity contribution in [1.82, 2.24) is 4.72 Å². The molecule has 0 radical (unpaired) electrons. The summed E-state index contributed by atoms with van der Waals surface area (Å²) in [5, 5.41) is 10.7. The zero-order valence-corrected chi connectivity index (χ0v) is 12.8. The molecule has 0 aromatic heterocycles. The Labute approximate surface area is 124 Å². The molecule has 0 fully saturated rings. The molecule has 1 unspecified atom stereocenters. The van der Waals surface area contributed by atoms with Crippen molar-refractivity contribution in [3.63, 3.8) is 0 Å². The highest BCUT2D eigenvalue weighted by atomic mass is 35.5. The van der Waals surface area contributed by atoms with Crippen molar-refractivity contribution >= 4 is 28.1 Å². The van der Waals surface area contributed by atoms with Gasteiger partial charge in [-0.1, -0.05) is 0 Å². The molecule has 1 aromatic rings. The molecule has 0 spiro atoms. The minimum atomic E-state index is -3.65. The zero-order valence-electron chi connectivity index (χ0n) is 11.2. The van der Waals surface area contributed by atoms with Crippen molar-refractivity contribution in [2.75, 3.05) is 6.54 Å². The smallest absolute Gasteiger partial charge is 0.272 e. The largest absolute Gasteiger partial charge is 0.328 e. The summed E-state index contributed by atoms with van der Waals surface area (Å²) in [5.41, 5.74) is 5.73. The molecule has 114 valence electrons. The molecule has 0 amide bonds. The van der Waals surface area contributed by atoms with Gasteiger partial charge in [0.05, 0.1) is 9.82 Å². The molecule has 7 nitrogen and oxygen atoms in total. The SMILES string of the molecule is Cc1cc(S(=O)(=O)NCCC(C)N)ccc1[N+](=O)[O-].Cl. The number of sulfonamides is 1. The van der Waals surface area contributed by atoms with Crippen molar-refractivity contribution in [1.29, 1.82) is 0 Å². The van der Waals surface area contributed by atoms with Crippen molar-refractivity contribution in [3.05, 3.63) is 33.9 Å². The first kappa shape index (κ1) is 18.8. The Bertz CT molecular complexity index is 575. The second kappa shape index (κ2) is 7.53. The summed E-state index contributed by atoms with van der Waals surface area (Å²) in [7, 11) is -3.65. The van der Waals surface area contributed by atoms with Crippen LogP contribution in [-0.4, -0.2) is 25.9 Å². The van der Waals surface area contributed by atoms with Gasteiger partial charge in [-0.2, -0.15) is 0 Å². The Balaban J connectivity index is 0.00000361. The number of hydrogen-bond acceptors (Lipinski definition) is 5. The molecule has 0 saturated heterocycles. The van der Waals surface area contributed by atoms with E-state index in [0.717, 1.165) is 0 Å². The number of nitro groups is 1. The molecular weight excluding hydrogens is 306 g/mol. The van der Waals surface area contributed by atoms with Crippen LogP contribution in [0.2, 0.25) is 0 Å². The first-order valence-corrected chi connectivity index (χ1v) is 7.22. The molecule has 3 N–H and O–H groups in total. The van der Waals surface area contributed by atoms with E-state index >= 15 is 0 Å². The van der Waals surface area contributed by atoms with Gasteiger partial charge >= 0.3 is 0 Å². The molecule has 9 heteroatoms. The number of nitrogens with zero attached hydrogens (tertiary/aromatic N) is 1. The van der Waals surface area contributed by atoms with Crippen molar-refractivity contribution in [2.45, 2.75) is 31.2 Å². The fourth-order valence-corrected chi connectivity index (χ4v) is 2.64. The third-order valence-corrected chi connectivity index (χ3v) is 4.03. The van der Waals surface area contributed by atoms with Gasteiger partial charge in [-0.05, 0) is 32.4 Å². The van der Waals surface area contributed by atoms with E-state index in [-0.39, 0.29) is 35.6 Å². The molecule has 0 bridgehead atoms. The van der Waals surface area contributed by atoms with E-state index in [1.54, 1.807) is 6.92 Å². The van der Waals surface area contributed by atoms with Gasteiger partial charge in [-0.3, -0.25) is 10.1 Å². The van der Waals surface area contributed by atoms with Crippen molar-refractivity contribution in [3.8, 4) is 0 Å². The normalized spacial score (nSPS) is 12.6. The van der Waals surface area contributed by atoms with Crippen LogP contribution in [0.3, 0.4) is 0 Å². The van der Waals surface area contributed by atoms with Crippen LogP contribution in [0.5, 0.6) is 0 Å². The zero-order chi connectivity index (χ0) is 14.6. The quantitative estimate of drug-likeness (QED) is 0.605. The highest BCUT2D eigenvalue weighted by Crippen LogP contribution is 2.21. The molecular formula is C11H18ClN3O4S. The number of rotatable bonds is 6. The van der Waals surface area contributed by atoms with Crippen LogP contribution in [0.4, 0.5) is 5.69 Å². The Kier molecular flexibility index (Phi) is 7.07. The molecule has 0 aliphatic heterocycles. The Morgan fingerprint density at radius 2 is 2.05 bits per heavy atom. The minimum Gasteiger partial charge on any atom is -0.328 e. The summed E-state index contributed by atoms with van der Waals surface area (Å²) in [6.45, 7) is 3.51. The van der Waals surface area contributed by atoms with Gasteiger partial charge in [0.2, 0.25) is 10.0 Å². The highest BCUT2D eigenvalue weighted by Gasteiger charge is 2.18. The fraction of sp³-hybridized carbons (Fsp3) is 0.455. The summed E-state index contributed by atoms with van der Waals surface area (Å²) in [6, 6.07) is 3.60. The lowest BCUT2D eigenvalue weighted by molar-refractivity contribution is -0.385. The number of aryl methyl sites for hydroxylation is 1. The number of hydrogen-bond donors (Lipinski definition) is 2. The van der Waals surface area contributed by atoms with Crippen LogP contribution in [0, 0.1) is 17.0 Å². The van der Waals surface area contributed by atoms with E-state index in [9.17, 15) is 18.5 Å². The predicted molar refractivity (Wildman–Crippen MR) is 78.5 cm³/mol. The maximum atomic E-state index is 11.9. The van der Waals surface area contributed by atoms with Gasteiger partial charge < -0.3 is 5.73 Å². The first-order chi connectivity index (χ1) is 8.74. The Hall–Kier alpha value is -1.22. The summed E-state index contributed by atoms with van der Waals surface area (Å²) in [4.78, 5) is 10.1. The number of benzene rings is 1. The average molecular weight is 324 g/mol. The van der Waals surface area contributed by atoms with Crippen LogP contribution in [0.1, 0.15) is 18.9 Å². The van der Waals surface area contributed by atoms with Crippen LogP contribution in [-0.2, 0) is 10.0 Å². The molecule has 0 heterocycles. The second-order valence-corrected chi connectivity index (χ2v) is 6.14. The molecule has 0 aliphatic rings. The van der Waals surface area contributed by atoms with Gasteiger partial charge in [0.25, 0.3) is 5.69 Å². The molecule has 20 heavy (non-hydrogen) atoms. The summed E-state index contributed by atoms with van der Waals surface area (Å²) in [5.74, 6) is 0. The number of nitrogens with two attached hydrogens (primary N) is 1. The van der Waals surface area contributed by atoms with Crippen LogP contribution in [0.25, 0.3) is 0 Å². The average Bonchev–Trinajstić information content (AvgIpc) is 2.27. The summed E-state index contributed by atoms with van der Waals surface area (Å²) in [6.07, 6.45) is 0.519. The van der Waals surface area contributed by atoms with E-state index in [4.69, 9.17) is 5.73 Å². The van der Waals surface area contributed by atoms with Crippen LogP contribution >= 0.6 is 12.4 Å². The van der Waals surface area contributed by atoms with Crippen molar-refractivity contribution < 1.29 is 13.3 Å². The monoisotopic (exact) mass is 323 g/mol. The lowest BCUT2D eigenvalue weighted by Crippen LogP contribution is -2.29. The molecule has 1 rings (SSSR count). The van der Waals surface area contributed by atoms with E-state index in [0.29, 0.717) is 12.0 Å². The third kappa shape index (κ3) is 5.04. The van der Waals surface area contributed by atoms with Crippen LogP contribution in [0.15, 0.2) is 23.1 Å². The number of halogens is 1. The molecule has 0 aliphatic carbocycles. The summed E-state index contributed by atoms with van der Waals surface area (Å²) < 4.78 is 26.3. The van der Waals surface area contributed by atoms with Gasteiger partial charge in [-0.25, -0.2) is 13.1 Å². The predicted octanol–water partition coefficient (Wildman–Crippen LogP) is 1.34. The highest BCUT2D eigenvalue weighted by molar-refractivity contribution is 7.89. The first-order valence-electron chi connectivity index (χ1n) is 5.74. The lowest BCUT2D eigenvalue weighted by Gasteiger charge is -2.09. The molecule has 0 saturated carbocycles. The summed E-state index contributed by atoms with van der Waals surface area (Å²) >= 11 is 0. The lowest BCUT2D eigenvalue weighted by atomic mass is 10.2. The second-order valence-electron chi connectivity index (χ2n) is 4.37. The standard InChI is InChI=1S/C11H17N3O4S.ClH/c1-8-7-10(3-4-11(8)14(15)16)19(17,18)13-6-5-9(2)12;/h3-4,7,9,13H,5-6,12H2,1-2H3;1H. The van der Waals surface area contributed by atoms with Gasteiger partial charge in [0, 0.05) is 24.2 Å². The maximum absolute atomic E-state index is 11.9. The van der Waals surface area contributed by atoms with Crippen molar-refractivity contribution in [2.24, 2.45) is 5.73 Å².